The predicted octanol–water partition coefficient (Wildman–Crippen LogP) is 11.3. The topological polar surface area (TPSA) is 36.5 Å². The first-order valence-electron chi connectivity index (χ1n) is 18.0. The van der Waals surface area contributed by atoms with Crippen molar-refractivity contribution in [2.75, 3.05) is 0 Å². The zero-order valence-corrected chi connectivity index (χ0v) is 28.4. The minimum Gasteiger partial charge on any atom is -0.551 e. The van der Waals surface area contributed by atoms with E-state index >= 15 is 0 Å². The summed E-state index contributed by atoms with van der Waals surface area (Å²) in [7, 11) is 0. The summed E-state index contributed by atoms with van der Waals surface area (Å²) in [6, 6.07) is 59.9. The molecule has 0 bridgehead atoms. The van der Waals surface area contributed by atoms with Gasteiger partial charge in [-0.25, -0.2) is 0 Å². The Labute approximate surface area is 305 Å². The molecule has 53 heavy (non-hydrogen) atoms. The first kappa shape index (κ1) is 28.7. The highest BCUT2D eigenvalue weighted by Gasteiger charge is 2.40. The molecule has 5 heteroatoms. The van der Waals surface area contributed by atoms with E-state index in [4.69, 9.17) is 13.8 Å². The molecule has 2 aromatic heterocycles. The standard InChI is InChI=1S/C48H28BNO3/c1-4-18-41-34(12-1)35-13-2-5-19-42(35)50(41)32-11-7-10-29(26-32)30-23-25-40-46(27-30)51-44-21-9-16-38-37-24-22-31(28-45(37)53-49(40)47(38)44)33-15-8-17-39-36-14-3-6-20-43(36)52-48(33)39/h1-28H. The van der Waals surface area contributed by atoms with Crippen LogP contribution in [-0.4, -0.2) is 11.5 Å². The van der Waals surface area contributed by atoms with Gasteiger partial charge in [0.15, 0.2) is 0 Å². The molecule has 0 fully saturated rings. The lowest BCUT2D eigenvalue weighted by molar-refractivity contribution is 0.479. The summed E-state index contributed by atoms with van der Waals surface area (Å²) in [6.07, 6.45) is 0. The van der Waals surface area contributed by atoms with Crippen molar-refractivity contribution < 1.29 is 13.8 Å². The predicted molar refractivity (Wildman–Crippen MR) is 217 cm³/mol. The maximum absolute atomic E-state index is 6.98. The van der Waals surface area contributed by atoms with Crippen LogP contribution in [0.3, 0.4) is 0 Å². The van der Waals surface area contributed by atoms with E-state index in [1.54, 1.807) is 0 Å². The van der Waals surface area contributed by atoms with E-state index in [9.17, 15) is 0 Å². The number of nitrogens with zero attached hydrogens (tertiary/aromatic N) is 1. The summed E-state index contributed by atoms with van der Waals surface area (Å²) in [5.74, 6) is 2.49. The van der Waals surface area contributed by atoms with Gasteiger partial charge in [0, 0.05) is 49.3 Å². The molecule has 0 N–H and O–H groups in total. The Bertz CT molecular complexity index is 3100. The molecule has 4 nitrogen and oxygen atoms in total. The quantitative estimate of drug-likeness (QED) is 0.175. The molecule has 0 spiro atoms. The zero-order chi connectivity index (χ0) is 34.6. The summed E-state index contributed by atoms with van der Waals surface area (Å²) in [5, 5.41) is 4.74. The van der Waals surface area contributed by atoms with Crippen LogP contribution in [0.1, 0.15) is 0 Å². The lowest BCUT2D eigenvalue weighted by atomic mass is 9.51. The number of rotatable bonds is 3. The van der Waals surface area contributed by atoms with Gasteiger partial charge < -0.3 is 18.4 Å². The second-order valence-electron chi connectivity index (χ2n) is 14.0. The van der Waals surface area contributed by atoms with Gasteiger partial charge in [-0.2, -0.15) is 0 Å². The molecule has 0 saturated carbocycles. The maximum atomic E-state index is 6.98. The minimum absolute atomic E-state index is 0.298. The molecule has 2 aliphatic rings. The Morgan fingerprint density at radius 3 is 1.98 bits per heavy atom. The number of aromatic nitrogens is 1. The fourth-order valence-electron chi connectivity index (χ4n) is 8.69. The number of fused-ring (bicyclic) bond motifs is 10. The highest BCUT2D eigenvalue weighted by molar-refractivity contribution is 6.84. The largest absolute Gasteiger partial charge is 0.551 e. The third-order valence-electron chi connectivity index (χ3n) is 11.1. The molecular formula is C48H28BNO3. The fraction of sp³-hybridized carbons (Fsp3) is 0. The molecule has 8 aromatic carbocycles. The lowest BCUT2D eigenvalue weighted by Crippen LogP contribution is -2.53. The molecule has 0 unspecified atom stereocenters. The van der Waals surface area contributed by atoms with Gasteiger partial charge >= 0.3 is 6.92 Å². The van der Waals surface area contributed by atoms with Gasteiger partial charge in [-0.15, -0.1) is 0 Å². The third-order valence-corrected chi connectivity index (χ3v) is 11.1. The van der Waals surface area contributed by atoms with E-state index in [0.717, 1.165) is 89.2 Å². The Morgan fingerprint density at radius 2 is 1.11 bits per heavy atom. The van der Waals surface area contributed by atoms with Crippen molar-refractivity contribution >= 4 is 61.6 Å². The first-order chi connectivity index (χ1) is 26.3. The monoisotopic (exact) mass is 677 g/mol. The van der Waals surface area contributed by atoms with Crippen molar-refractivity contribution in [1.29, 1.82) is 0 Å². The molecule has 0 aliphatic carbocycles. The van der Waals surface area contributed by atoms with Crippen LogP contribution in [0.5, 0.6) is 17.2 Å². The van der Waals surface area contributed by atoms with E-state index in [1.165, 1.54) is 21.8 Å². The molecule has 0 saturated heterocycles. The molecule has 0 amide bonds. The van der Waals surface area contributed by atoms with Crippen LogP contribution in [0, 0.1) is 0 Å². The van der Waals surface area contributed by atoms with Gasteiger partial charge in [0.05, 0.1) is 11.0 Å². The molecule has 0 radical (unpaired) electrons. The Hall–Kier alpha value is -6.98. The van der Waals surface area contributed by atoms with Crippen LogP contribution < -0.4 is 20.3 Å². The third kappa shape index (κ3) is 4.13. The van der Waals surface area contributed by atoms with E-state index in [2.05, 4.69) is 162 Å². The number of para-hydroxylation sites is 4. The van der Waals surface area contributed by atoms with Gasteiger partial charge in [0.1, 0.15) is 28.4 Å². The molecule has 246 valence electrons. The average molecular weight is 678 g/mol. The normalized spacial score (nSPS) is 12.8. The SMILES string of the molecule is c1cc(-c2ccc3c(c2)Oc2cccc4c2B3Oc2cc(-c3cccc5c3oc3ccccc35)ccc2-4)cc(-n2c3ccccc3c3ccccc32)c1. The van der Waals surface area contributed by atoms with Crippen molar-refractivity contribution in [3.63, 3.8) is 0 Å². The number of furan rings is 1. The van der Waals surface area contributed by atoms with E-state index in [1.807, 2.05) is 12.1 Å². The van der Waals surface area contributed by atoms with E-state index < -0.39 is 0 Å². The van der Waals surface area contributed by atoms with Crippen molar-refractivity contribution in [3.05, 3.63) is 170 Å². The van der Waals surface area contributed by atoms with E-state index in [-0.39, 0.29) is 6.92 Å². The van der Waals surface area contributed by atoms with Crippen LogP contribution in [0.15, 0.2) is 174 Å². The Morgan fingerprint density at radius 1 is 0.434 bits per heavy atom. The summed E-state index contributed by atoms with van der Waals surface area (Å²) < 4.78 is 22.4. The lowest BCUT2D eigenvalue weighted by Gasteiger charge is -2.33. The summed E-state index contributed by atoms with van der Waals surface area (Å²) in [6.45, 7) is -0.298. The highest BCUT2D eigenvalue weighted by atomic mass is 16.5. The molecule has 4 heterocycles. The highest BCUT2D eigenvalue weighted by Crippen LogP contribution is 2.43. The van der Waals surface area contributed by atoms with Gasteiger partial charge in [-0.3, -0.25) is 0 Å². The summed E-state index contributed by atoms with van der Waals surface area (Å²) in [5.41, 5.74) is 13.9. The van der Waals surface area contributed by atoms with Gasteiger partial charge in [0.25, 0.3) is 0 Å². The van der Waals surface area contributed by atoms with Gasteiger partial charge in [-0.05, 0) is 70.8 Å². The van der Waals surface area contributed by atoms with E-state index in [0.29, 0.717) is 0 Å². The molecular weight excluding hydrogens is 649 g/mol. The Kier molecular flexibility index (Phi) is 5.83. The Balaban J connectivity index is 0.948. The van der Waals surface area contributed by atoms with Crippen LogP contribution >= 0.6 is 0 Å². The zero-order valence-electron chi connectivity index (χ0n) is 28.4. The van der Waals surface area contributed by atoms with Crippen LogP contribution in [0.4, 0.5) is 0 Å². The van der Waals surface area contributed by atoms with Crippen LogP contribution in [0.2, 0.25) is 0 Å². The fourth-order valence-corrected chi connectivity index (χ4v) is 8.69. The van der Waals surface area contributed by atoms with Crippen LogP contribution in [-0.2, 0) is 0 Å². The average Bonchev–Trinajstić information content (AvgIpc) is 3.77. The smallest absolute Gasteiger partial charge is 0.434 e. The summed E-state index contributed by atoms with van der Waals surface area (Å²) in [4.78, 5) is 0. The number of hydrogen-bond donors (Lipinski definition) is 0. The number of ether oxygens (including phenoxy) is 1. The molecule has 10 aromatic rings. The molecule has 0 atom stereocenters. The van der Waals surface area contributed by atoms with Gasteiger partial charge in [-0.1, -0.05) is 121 Å². The van der Waals surface area contributed by atoms with Gasteiger partial charge in [0.2, 0.25) is 0 Å². The number of benzene rings is 8. The first-order valence-corrected chi connectivity index (χ1v) is 18.0. The molecule has 12 rings (SSSR count). The van der Waals surface area contributed by atoms with Crippen LogP contribution in [0.25, 0.3) is 82.8 Å². The minimum atomic E-state index is -0.298. The number of hydrogen-bond acceptors (Lipinski definition) is 3. The van der Waals surface area contributed by atoms with Crippen molar-refractivity contribution in [2.24, 2.45) is 0 Å². The second kappa shape index (κ2) is 10.8. The second-order valence-corrected chi connectivity index (χ2v) is 14.0. The molecule has 2 aliphatic heterocycles. The van der Waals surface area contributed by atoms with Crippen molar-refractivity contribution in [2.45, 2.75) is 0 Å². The maximum Gasteiger partial charge on any atom is 0.434 e. The van der Waals surface area contributed by atoms with Crippen molar-refractivity contribution in [3.8, 4) is 56.3 Å². The summed E-state index contributed by atoms with van der Waals surface area (Å²) >= 11 is 0. The van der Waals surface area contributed by atoms with Crippen molar-refractivity contribution in [1.82, 2.24) is 4.57 Å².